The van der Waals surface area contributed by atoms with E-state index in [9.17, 15) is 14.9 Å². The van der Waals surface area contributed by atoms with Crippen molar-refractivity contribution in [1.82, 2.24) is 5.32 Å². The van der Waals surface area contributed by atoms with Crippen LogP contribution in [0.3, 0.4) is 0 Å². The minimum Gasteiger partial charge on any atom is -0.347 e. The molecule has 0 saturated heterocycles. The number of nitrogens with two attached hydrogens (primary N) is 1. The highest BCUT2D eigenvalue weighted by molar-refractivity contribution is 5.85. The summed E-state index contributed by atoms with van der Waals surface area (Å²) in [7, 11) is 0. The van der Waals surface area contributed by atoms with E-state index in [1.807, 2.05) is 13.8 Å². The van der Waals surface area contributed by atoms with Crippen LogP contribution in [0.15, 0.2) is 24.3 Å². The van der Waals surface area contributed by atoms with Crippen molar-refractivity contribution < 1.29 is 9.72 Å². The van der Waals surface area contributed by atoms with E-state index in [2.05, 4.69) is 5.32 Å². The van der Waals surface area contributed by atoms with Crippen LogP contribution in [-0.2, 0) is 10.3 Å². The Hall–Kier alpha value is -1.66. The van der Waals surface area contributed by atoms with Gasteiger partial charge in [0.15, 0.2) is 0 Å². The zero-order chi connectivity index (χ0) is 15.5. The highest BCUT2D eigenvalue weighted by Crippen LogP contribution is 2.23. The molecule has 1 aromatic rings. The van der Waals surface area contributed by atoms with Crippen molar-refractivity contribution in [2.75, 3.05) is 0 Å². The van der Waals surface area contributed by atoms with Crippen LogP contribution in [0, 0.1) is 16.0 Å². The van der Waals surface area contributed by atoms with Crippen molar-refractivity contribution >= 4 is 24.0 Å². The van der Waals surface area contributed by atoms with Crippen molar-refractivity contribution in [3.8, 4) is 0 Å². The Morgan fingerprint density at radius 2 is 1.76 bits per heavy atom. The molecule has 1 amide bonds. The summed E-state index contributed by atoms with van der Waals surface area (Å²) in [6.07, 6.45) is 0. The zero-order valence-corrected chi connectivity index (χ0v) is 13.4. The van der Waals surface area contributed by atoms with E-state index in [0.29, 0.717) is 0 Å². The van der Waals surface area contributed by atoms with Gasteiger partial charge in [-0.15, -0.1) is 12.4 Å². The average Bonchev–Trinajstić information content (AvgIpc) is 2.37. The lowest BCUT2D eigenvalue weighted by Gasteiger charge is -2.29. The maximum atomic E-state index is 12.0. The molecule has 2 atom stereocenters. The van der Waals surface area contributed by atoms with Crippen LogP contribution >= 0.6 is 12.4 Å². The fourth-order valence-electron chi connectivity index (χ4n) is 1.73. The highest BCUT2D eigenvalue weighted by atomic mass is 35.5. The minimum atomic E-state index is -0.616. The van der Waals surface area contributed by atoms with Gasteiger partial charge in [0.05, 0.1) is 10.5 Å². The number of non-ortho nitro benzene ring substituents is 1. The third-order valence-electron chi connectivity index (χ3n) is 3.44. The molecule has 1 rings (SSSR count). The molecule has 1 aromatic carbocycles. The summed E-state index contributed by atoms with van der Waals surface area (Å²) >= 11 is 0. The lowest BCUT2D eigenvalue weighted by atomic mass is 9.92. The molecule has 0 aliphatic rings. The van der Waals surface area contributed by atoms with E-state index in [0.717, 1.165) is 5.56 Å². The first-order valence-electron chi connectivity index (χ1n) is 6.47. The number of carbonyl (C=O) groups excluding carboxylic acids is 1. The topological polar surface area (TPSA) is 98.3 Å². The molecule has 0 heterocycles. The summed E-state index contributed by atoms with van der Waals surface area (Å²) in [6.45, 7) is 7.25. The largest absolute Gasteiger partial charge is 0.347 e. The van der Waals surface area contributed by atoms with Gasteiger partial charge in [-0.25, -0.2) is 0 Å². The first-order valence-corrected chi connectivity index (χ1v) is 6.47. The average molecular weight is 316 g/mol. The third-order valence-corrected chi connectivity index (χ3v) is 3.44. The zero-order valence-electron chi connectivity index (χ0n) is 12.6. The molecule has 0 spiro atoms. The first-order chi connectivity index (χ1) is 9.15. The van der Waals surface area contributed by atoms with Gasteiger partial charge in [0.25, 0.3) is 5.69 Å². The number of amides is 1. The van der Waals surface area contributed by atoms with Crippen LogP contribution in [0.1, 0.15) is 33.3 Å². The maximum Gasteiger partial charge on any atom is 0.269 e. The third kappa shape index (κ3) is 4.99. The smallest absolute Gasteiger partial charge is 0.269 e. The molecule has 0 saturated carbocycles. The number of hydrogen-bond acceptors (Lipinski definition) is 4. The summed E-state index contributed by atoms with van der Waals surface area (Å²) in [6, 6.07) is 5.92. The molecule has 21 heavy (non-hydrogen) atoms. The summed E-state index contributed by atoms with van der Waals surface area (Å²) in [5, 5.41) is 13.5. The quantitative estimate of drug-likeness (QED) is 0.643. The molecule has 0 aromatic heterocycles. The van der Waals surface area contributed by atoms with Gasteiger partial charge in [0.2, 0.25) is 5.91 Å². The lowest BCUT2D eigenvalue weighted by molar-refractivity contribution is -0.384. The molecule has 0 radical (unpaired) electrons. The molecule has 118 valence electrons. The Kier molecular flexibility index (Phi) is 6.79. The number of nitrogens with zero attached hydrogens (tertiary/aromatic N) is 1. The monoisotopic (exact) mass is 315 g/mol. The Morgan fingerprint density at radius 1 is 1.29 bits per heavy atom. The van der Waals surface area contributed by atoms with E-state index in [-0.39, 0.29) is 36.0 Å². The van der Waals surface area contributed by atoms with Crippen molar-refractivity contribution in [1.29, 1.82) is 0 Å². The second-order valence-corrected chi connectivity index (χ2v) is 5.57. The molecule has 0 fully saturated rings. The van der Waals surface area contributed by atoms with E-state index < -0.39 is 10.5 Å². The van der Waals surface area contributed by atoms with Crippen LogP contribution in [0.2, 0.25) is 0 Å². The highest BCUT2D eigenvalue weighted by Gasteiger charge is 2.27. The van der Waals surface area contributed by atoms with Gasteiger partial charge < -0.3 is 11.1 Å². The standard InChI is InChI=1S/C14H21N3O3.ClH/c1-9(10(2)15)13(18)16-14(3,4)11-5-7-12(8-6-11)17(19)20;/h5-10H,15H2,1-4H3,(H,16,18);1H. The van der Waals surface area contributed by atoms with Gasteiger partial charge in [-0.05, 0) is 38.5 Å². The number of carbonyl (C=O) groups is 1. The fraction of sp³-hybridized carbons (Fsp3) is 0.500. The summed E-state index contributed by atoms with van der Waals surface area (Å²) in [5.41, 5.74) is 5.92. The van der Waals surface area contributed by atoms with Crippen LogP contribution in [0.25, 0.3) is 0 Å². The first kappa shape index (κ1) is 19.3. The van der Waals surface area contributed by atoms with Crippen LogP contribution in [0.5, 0.6) is 0 Å². The number of halogens is 1. The summed E-state index contributed by atoms with van der Waals surface area (Å²) in [5.74, 6) is -0.435. The van der Waals surface area contributed by atoms with E-state index in [1.165, 1.54) is 12.1 Å². The normalized spacial score (nSPS) is 13.8. The van der Waals surface area contributed by atoms with Gasteiger partial charge in [-0.1, -0.05) is 6.92 Å². The molecule has 0 aliphatic heterocycles. The van der Waals surface area contributed by atoms with Crippen molar-refractivity contribution in [2.45, 2.75) is 39.3 Å². The number of nitrogens with one attached hydrogen (secondary N) is 1. The number of nitro benzene ring substituents is 1. The van der Waals surface area contributed by atoms with E-state index in [1.54, 1.807) is 26.0 Å². The van der Waals surface area contributed by atoms with Crippen LogP contribution in [-0.4, -0.2) is 16.9 Å². The van der Waals surface area contributed by atoms with Gasteiger partial charge in [0.1, 0.15) is 0 Å². The van der Waals surface area contributed by atoms with Crippen LogP contribution < -0.4 is 11.1 Å². The number of hydrogen-bond donors (Lipinski definition) is 2. The van der Waals surface area contributed by atoms with Crippen LogP contribution in [0.4, 0.5) is 5.69 Å². The van der Waals surface area contributed by atoms with Gasteiger partial charge in [-0.2, -0.15) is 0 Å². The van der Waals surface area contributed by atoms with Crippen molar-refractivity contribution in [3.05, 3.63) is 39.9 Å². The van der Waals surface area contributed by atoms with E-state index in [4.69, 9.17) is 5.73 Å². The van der Waals surface area contributed by atoms with Crippen molar-refractivity contribution in [2.24, 2.45) is 11.7 Å². The molecule has 0 bridgehead atoms. The second kappa shape index (κ2) is 7.38. The Balaban J connectivity index is 0.00000400. The predicted octanol–water partition coefficient (Wildman–Crippen LogP) is 2.35. The lowest BCUT2D eigenvalue weighted by Crippen LogP contribution is -2.47. The molecule has 6 nitrogen and oxygen atoms in total. The van der Waals surface area contributed by atoms with E-state index >= 15 is 0 Å². The molecular formula is C14H22ClN3O3. The minimum absolute atomic E-state index is 0. The van der Waals surface area contributed by atoms with Gasteiger partial charge in [0, 0.05) is 24.1 Å². The molecule has 0 aliphatic carbocycles. The summed E-state index contributed by atoms with van der Waals surface area (Å²) in [4.78, 5) is 22.2. The Labute approximate surface area is 130 Å². The maximum absolute atomic E-state index is 12.0. The molecule has 2 unspecified atom stereocenters. The Bertz CT molecular complexity index is 501. The van der Waals surface area contributed by atoms with Gasteiger partial charge in [-0.3, -0.25) is 14.9 Å². The summed E-state index contributed by atoms with van der Waals surface area (Å²) < 4.78 is 0. The van der Waals surface area contributed by atoms with Crippen molar-refractivity contribution in [3.63, 3.8) is 0 Å². The second-order valence-electron chi connectivity index (χ2n) is 5.57. The van der Waals surface area contributed by atoms with Gasteiger partial charge >= 0.3 is 0 Å². The molecule has 3 N–H and O–H groups in total. The number of nitro groups is 1. The molecular weight excluding hydrogens is 294 g/mol. The predicted molar refractivity (Wildman–Crippen MR) is 84.3 cm³/mol. The SMILES string of the molecule is CC(N)C(C)C(=O)NC(C)(C)c1ccc([N+](=O)[O-])cc1.Cl. The number of benzene rings is 1. The number of rotatable bonds is 5. The Morgan fingerprint density at radius 3 is 2.14 bits per heavy atom. The fourth-order valence-corrected chi connectivity index (χ4v) is 1.73. The molecule has 7 heteroatoms.